The molecular formula is C14H18BrN3O3S2. The third-order valence-corrected chi connectivity index (χ3v) is 6.74. The van der Waals surface area contributed by atoms with Gasteiger partial charge in [0.2, 0.25) is 10.0 Å². The molecule has 0 bridgehead atoms. The van der Waals surface area contributed by atoms with Gasteiger partial charge in [-0.2, -0.15) is 4.31 Å². The van der Waals surface area contributed by atoms with E-state index < -0.39 is 10.0 Å². The van der Waals surface area contributed by atoms with Crippen LogP contribution in [0.5, 0.6) is 0 Å². The highest BCUT2D eigenvalue weighted by Gasteiger charge is 2.30. The topological polar surface area (TPSA) is 53.1 Å². The molecule has 2 aliphatic heterocycles. The number of thiocarbonyl (C=S) groups is 1. The fraction of sp³-hybridized carbons (Fsp3) is 0.500. The molecule has 0 spiro atoms. The van der Waals surface area contributed by atoms with Crippen molar-refractivity contribution < 1.29 is 13.2 Å². The first-order valence-electron chi connectivity index (χ1n) is 7.36. The van der Waals surface area contributed by atoms with E-state index in [0.29, 0.717) is 49.5 Å². The molecular weight excluding hydrogens is 402 g/mol. The minimum atomic E-state index is -3.43. The van der Waals surface area contributed by atoms with Crippen molar-refractivity contribution in [1.29, 1.82) is 0 Å². The maximum Gasteiger partial charge on any atom is 0.260 e. The Labute approximate surface area is 150 Å². The van der Waals surface area contributed by atoms with Crippen molar-refractivity contribution in [3.8, 4) is 0 Å². The standard InChI is InChI=1S/C14H18BrN3O3S2/c15-12-2-1-3-13(10-12)23(19,20)18-6-4-16(5-7-18)11-17-8-9-21-14(17)22/h1-3,10H,4-9,11H2. The Morgan fingerprint density at radius 1 is 1.17 bits per heavy atom. The first-order valence-corrected chi connectivity index (χ1v) is 10.0. The first kappa shape index (κ1) is 17.1. The number of sulfonamides is 1. The van der Waals surface area contributed by atoms with Crippen LogP contribution in [-0.2, 0) is 14.8 Å². The molecule has 126 valence electrons. The minimum absolute atomic E-state index is 0.328. The second kappa shape index (κ2) is 7.02. The third-order valence-electron chi connectivity index (χ3n) is 3.98. The summed E-state index contributed by atoms with van der Waals surface area (Å²) in [4.78, 5) is 4.54. The van der Waals surface area contributed by atoms with Crippen LogP contribution in [0.15, 0.2) is 33.6 Å². The van der Waals surface area contributed by atoms with Crippen LogP contribution < -0.4 is 0 Å². The van der Waals surface area contributed by atoms with E-state index in [-0.39, 0.29) is 0 Å². The maximum atomic E-state index is 12.7. The summed E-state index contributed by atoms with van der Waals surface area (Å²) in [6.07, 6.45) is 0. The lowest BCUT2D eigenvalue weighted by molar-refractivity contribution is 0.142. The van der Waals surface area contributed by atoms with Crippen LogP contribution in [0.3, 0.4) is 0 Å². The van der Waals surface area contributed by atoms with E-state index >= 15 is 0 Å². The van der Waals surface area contributed by atoms with Crippen molar-refractivity contribution in [2.45, 2.75) is 4.90 Å². The first-order chi connectivity index (χ1) is 11.0. The molecule has 0 aliphatic carbocycles. The molecule has 6 nitrogen and oxygen atoms in total. The number of nitrogens with zero attached hydrogens (tertiary/aromatic N) is 3. The Morgan fingerprint density at radius 2 is 1.91 bits per heavy atom. The van der Waals surface area contributed by atoms with E-state index in [1.807, 2.05) is 11.0 Å². The number of hydrogen-bond donors (Lipinski definition) is 0. The molecule has 1 aromatic rings. The molecule has 0 radical (unpaired) electrons. The van der Waals surface area contributed by atoms with E-state index in [1.165, 1.54) is 0 Å². The fourth-order valence-electron chi connectivity index (χ4n) is 2.68. The van der Waals surface area contributed by atoms with Gasteiger partial charge in [-0.3, -0.25) is 4.90 Å². The number of ether oxygens (including phenoxy) is 1. The second-order valence-electron chi connectivity index (χ2n) is 5.50. The average Bonchev–Trinajstić information content (AvgIpc) is 2.93. The smallest absolute Gasteiger partial charge is 0.260 e. The number of hydrogen-bond acceptors (Lipinski definition) is 5. The van der Waals surface area contributed by atoms with Crippen LogP contribution in [0.2, 0.25) is 0 Å². The predicted molar refractivity (Wildman–Crippen MR) is 94.6 cm³/mol. The molecule has 2 aliphatic rings. The summed E-state index contributed by atoms with van der Waals surface area (Å²) in [5, 5.41) is 0.536. The van der Waals surface area contributed by atoms with Gasteiger partial charge < -0.3 is 9.64 Å². The molecule has 0 N–H and O–H groups in total. The predicted octanol–water partition coefficient (Wildman–Crippen LogP) is 1.33. The van der Waals surface area contributed by atoms with E-state index in [1.54, 1.807) is 22.5 Å². The van der Waals surface area contributed by atoms with E-state index in [0.717, 1.165) is 11.0 Å². The Bertz CT molecular complexity index is 690. The molecule has 0 unspecified atom stereocenters. The number of rotatable bonds is 4. The monoisotopic (exact) mass is 419 g/mol. The van der Waals surface area contributed by atoms with Crippen LogP contribution >= 0.6 is 28.1 Å². The molecule has 0 atom stereocenters. The molecule has 1 aromatic carbocycles. The fourth-order valence-corrected chi connectivity index (χ4v) is 4.94. The van der Waals surface area contributed by atoms with Gasteiger partial charge in [-0.05, 0) is 30.4 Å². The largest absolute Gasteiger partial charge is 0.469 e. The SMILES string of the molecule is O=S(=O)(c1cccc(Br)c1)N1CCN(CN2CCOC2=S)CC1. The molecule has 0 saturated carbocycles. The summed E-state index contributed by atoms with van der Waals surface area (Å²) in [5.41, 5.74) is 0. The van der Waals surface area contributed by atoms with Crippen molar-refractivity contribution in [3.63, 3.8) is 0 Å². The van der Waals surface area contributed by atoms with Crippen molar-refractivity contribution >= 4 is 43.3 Å². The van der Waals surface area contributed by atoms with Crippen LogP contribution in [-0.4, -0.2) is 73.7 Å². The number of piperazine rings is 1. The Balaban J connectivity index is 1.61. The lowest BCUT2D eigenvalue weighted by Crippen LogP contribution is -2.51. The summed E-state index contributed by atoms with van der Waals surface area (Å²) < 4.78 is 32.9. The molecule has 0 aromatic heterocycles. The molecule has 0 amide bonds. The van der Waals surface area contributed by atoms with E-state index in [2.05, 4.69) is 20.8 Å². The highest BCUT2D eigenvalue weighted by atomic mass is 79.9. The zero-order valence-corrected chi connectivity index (χ0v) is 15.7. The van der Waals surface area contributed by atoms with Gasteiger partial charge in [0.25, 0.3) is 5.17 Å². The second-order valence-corrected chi connectivity index (χ2v) is 8.70. The molecule has 23 heavy (non-hydrogen) atoms. The third kappa shape index (κ3) is 3.85. The summed E-state index contributed by atoms with van der Waals surface area (Å²) in [6.45, 7) is 4.47. The highest BCUT2D eigenvalue weighted by Crippen LogP contribution is 2.21. The van der Waals surface area contributed by atoms with Gasteiger partial charge in [0.1, 0.15) is 6.61 Å². The summed E-state index contributed by atoms with van der Waals surface area (Å²) in [6, 6.07) is 6.83. The zero-order valence-electron chi connectivity index (χ0n) is 12.5. The normalized spacial score (nSPS) is 20.7. The lowest BCUT2D eigenvalue weighted by atomic mass is 10.4. The maximum absolute atomic E-state index is 12.7. The molecule has 2 fully saturated rings. The van der Waals surface area contributed by atoms with Crippen LogP contribution in [0, 0.1) is 0 Å². The van der Waals surface area contributed by atoms with Crippen molar-refractivity contribution in [3.05, 3.63) is 28.7 Å². The van der Waals surface area contributed by atoms with Gasteiger partial charge in [0, 0.05) is 30.7 Å². The van der Waals surface area contributed by atoms with Crippen molar-refractivity contribution in [1.82, 2.24) is 14.1 Å². The summed E-state index contributed by atoms with van der Waals surface area (Å²) in [7, 11) is -3.43. The van der Waals surface area contributed by atoms with Crippen LogP contribution in [0.4, 0.5) is 0 Å². The van der Waals surface area contributed by atoms with Gasteiger partial charge in [0.05, 0.1) is 18.1 Å². The Morgan fingerprint density at radius 3 is 2.52 bits per heavy atom. The van der Waals surface area contributed by atoms with Gasteiger partial charge >= 0.3 is 0 Å². The van der Waals surface area contributed by atoms with Crippen LogP contribution in [0.1, 0.15) is 0 Å². The summed E-state index contributed by atoms with van der Waals surface area (Å²) in [5.74, 6) is 0. The zero-order chi connectivity index (χ0) is 16.4. The van der Waals surface area contributed by atoms with Crippen LogP contribution in [0.25, 0.3) is 0 Å². The molecule has 3 rings (SSSR count). The van der Waals surface area contributed by atoms with E-state index in [9.17, 15) is 8.42 Å². The number of benzene rings is 1. The summed E-state index contributed by atoms with van der Waals surface area (Å²) >= 11 is 8.46. The Kier molecular flexibility index (Phi) is 5.22. The van der Waals surface area contributed by atoms with Crippen molar-refractivity contribution in [2.24, 2.45) is 0 Å². The minimum Gasteiger partial charge on any atom is -0.469 e. The molecule has 2 saturated heterocycles. The molecule has 9 heteroatoms. The van der Waals surface area contributed by atoms with Gasteiger partial charge in [0.15, 0.2) is 0 Å². The lowest BCUT2D eigenvalue weighted by Gasteiger charge is -2.35. The highest BCUT2D eigenvalue weighted by molar-refractivity contribution is 9.10. The molecule has 2 heterocycles. The van der Waals surface area contributed by atoms with Gasteiger partial charge in [-0.15, -0.1) is 0 Å². The quantitative estimate of drug-likeness (QED) is 0.686. The average molecular weight is 420 g/mol. The van der Waals surface area contributed by atoms with E-state index in [4.69, 9.17) is 17.0 Å². The Hall–Kier alpha value is -0.740. The van der Waals surface area contributed by atoms with Gasteiger partial charge in [-0.25, -0.2) is 8.42 Å². The van der Waals surface area contributed by atoms with Gasteiger partial charge in [-0.1, -0.05) is 22.0 Å². The number of halogens is 1. The van der Waals surface area contributed by atoms with Crippen molar-refractivity contribution in [2.75, 3.05) is 46.0 Å².